The lowest BCUT2D eigenvalue weighted by Crippen LogP contribution is -2.14. The first kappa shape index (κ1) is 15.5. The second-order valence-corrected chi connectivity index (χ2v) is 5.63. The standard InChI is InChI=1S/C16H17BrN2O2/c1-11-9-13(17)10-18-16(11)19-15(20)8-5-12-3-6-14(21-2)7-4-12/h3-4,6-7,9-10H,5,8H2,1-2H3,(H,18,19,20). The lowest BCUT2D eigenvalue weighted by atomic mass is 10.1. The van der Waals surface area contributed by atoms with Crippen LogP contribution in [-0.4, -0.2) is 18.0 Å². The smallest absolute Gasteiger partial charge is 0.225 e. The van der Waals surface area contributed by atoms with Gasteiger partial charge in [-0.1, -0.05) is 12.1 Å². The summed E-state index contributed by atoms with van der Waals surface area (Å²) in [4.78, 5) is 16.2. The van der Waals surface area contributed by atoms with Crippen LogP contribution in [-0.2, 0) is 11.2 Å². The van der Waals surface area contributed by atoms with E-state index in [0.29, 0.717) is 18.7 Å². The van der Waals surface area contributed by atoms with Gasteiger partial charge in [-0.3, -0.25) is 4.79 Å². The summed E-state index contributed by atoms with van der Waals surface area (Å²) in [6.07, 6.45) is 2.78. The third-order valence-corrected chi connectivity index (χ3v) is 3.54. The SMILES string of the molecule is COc1ccc(CCC(=O)Nc2ncc(Br)cc2C)cc1. The zero-order valence-corrected chi connectivity index (χ0v) is 13.6. The number of hydrogen-bond acceptors (Lipinski definition) is 3. The second kappa shape index (κ2) is 7.22. The molecule has 0 atom stereocenters. The highest BCUT2D eigenvalue weighted by Crippen LogP contribution is 2.17. The summed E-state index contributed by atoms with van der Waals surface area (Å²) in [5.74, 6) is 1.39. The van der Waals surface area contributed by atoms with Crippen LogP contribution < -0.4 is 10.1 Å². The summed E-state index contributed by atoms with van der Waals surface area (Å²) in [6.45, 7) is 1.91. The minimum absolute atomic E-state index is 0.0382. The average molecular weight is 349 g/mol. The molecule has 1 heterocycles. The molecule has 0 saturated heterocycles. The maximum absolute atomic E-state index is 12.0. The Kier molecular flexibility index (Phi) is 5.33. The fraction of sp³-hybridized carbons (Fsp3) is 0.250. The van der Waals surface area contributed by atoms with E-state index in [1.54, 1.807) is 13.3 Å². The van der Waals surface area contributed by atoms with E-state index in [4.69, 9.17) is 4.74 Å². The number of nitrogens with one attached hydrogen (secondary N) is 1. The third kappa shape index (κ3) is 4.56. The molecule has 0 saturated carbocycles. The van der Waals surface area contributed by atoms with Crippen molar-refractivity contribution in [1.82, 2.24) is 4.98 Å². The van der Waals surface area contributed by atoms with Gasteiger partial charge in [0.15, 0.2) is 0 Å². The van der Waals surface area contributed by atoms with Crippen molar-refractivity contribution >= 4 is 27.7 Å². The van der Waals surface area contributed by atoms with Crippen LogP contribution in [0.3, 0.4) is 0 Å². The van der Waals surface area contributed by atoms with Crippen LogP contribution in [0, 0.1) is 6.92 Å². The van der Waals surface area contributed by atoms with Crippen LogP contribution in [0.1, 0.15) is 17.5 Å². The van der Waals surface area contributed by atoms with Crippen molar-refractivity contribution in [3.8, 4) is 5.75 Å². The van der Waals surface area contributed by atoms with Crippen molar-refractivity contribution in [2.75, 3.05) is 12.4 Å². The zero-order valence-electron chi connectivity index (χ0n) is 12.0. The summed E-state index contributed by atoms with van der Waals surface area (Å²) < 4.78 is 6.00. The highest BCUT2D eigenvalue weighted by Gasteiger charge is 2.07. The second-order valence-electron chi connectivity index (χ2n) is 4.72. The van der Waals surface area contributed by atoms with Crippen LogP contribution in [0.2, 0.25) is 0 Å². The highest BCUT2D eigenvalue weighted by atomic mass is 79.9. The van der Waals surface area contributed by atoms with Gasteiger partial charge in [-0.05, 0) is 58.6 Å². The summed E-state index contributed by atoms with van der Waals surface area (Å²) in [7, 11) is 1.63. The van der Waals surface area contributed by atoms with Gasteiger partial charge in [-0.2, -0.15) is 0 Å². The van der Waals surface area contributed by atoms with Gasteiger partial charge in [-0.15, -0.1) is 0 Å². The molecule has 0 bridgehead atoms. The quantitative estimate of drug-likeness (QED) is 0.895. The van der Waals surface area contributed by atoms with Crippen LogP contribution in [0.5, 0.6) is 5.75 Å². The first-order chi connectivity index (χ1) is 10.1. The fourth-order valence-corrected chi connectivity index (χ4v) is 2.36. The average Bonchev–Trinajstić information content (AvgIpc) is 2.48. The maximum atomic E-state index is 12.0. The Morgan fingerprint density at radius 1 is 1.33 bits per heavy atom. The molecular weight excluding hydrogens is 332 g/mol. The first-order valence-corrected chi connectivity index (χ1v) is 7.42. The van der Waals surface area contributed by atoms with Gasteiger partial charge in [0.05, 0.1) is 7.11 Å². The van der Waals surface area contributed by atoms with Gasteiger partial charge in [-0.25, -0.2) is 4.98 Å². The Morgan fingerprint density at radius 2 is 2.05 bits per heavy atom. The van der Waals surface area contributed by atoms with Crippen LogP contribution in [0.15, 0.2) is 41.0 Å². The number of aryl methyl sites for hydroxylation is 2. The van der Waals surface area contributed by atoms with Gasteiger partial charge in [0.25, 0.3) is 0 Å². The minimum Gasteiger partial charge on any atom is -0.497 e. The lowest BCUT2D eigenvalue weighted by molar-refractivity contribution is -0.116. The number of nitrogens with zero attached hydrogens (tertiary/aromatic N) is 1. The summed E-state index contributed by atoms with van der Waals surface area (Å²) in [5.41, 5.74) is 2.04. The maximum Gasteiger partial charge on any atom is 0.225 e. The Labute approximate surface area is 132 Å². The number of hydrogen-bond donors (Lipinski definition) is 1. The van der Waals surface area contributed by atoms with E-state index < -0.39 is 0 Å². The van der Waals surface area contributed by atoms with E-state index in [-0.39, 0.29) is 5.91 Å². The van der Waals surface area contributed by atoms with Crippen molar-refractivity contribution in [3.05, 3.63) is 52.1 Å². The van der Waals surface area contributed by atoms with E-state index in [1.165, 1.54) is 0 Å². The molecule has 110 valence electrons. The molecule has 0 spiro atoms. The van der Waals surface area contributed by atoms with E-state index in [0.717, 1.165) is 21.3 Å². The third-order valence-electron chi connectivity index (χ3n) is 3.10. The number of carbonyl (C=O) groups is 1. The van der Waals surface area contributed by atoms with Gasteiger partial charge in [0, 0.05) is 17.1 Å². The monoisotopic (exact) mass is 348 g/mol. The molecule has 1 N–H and O–H groups in total. The summed E-state index contributed by atoms with van der Waals surface area (Å²) >= 11 is 3.35. The number of methoxy groups -OCH3 is 1. The Bertz CT molecular complexity index is 627. The van der Waals surface area contributed by atoms with Crippen LogP contribution in [0.25, 0.3) is 0 Å². The molecule has 5 heteroatoms. The first-order valence-electron chi connectivity index (χ1n) is 6.63. The van der Waals surface area contributed by atoms with Gasteiger partial charge in [0.2, 0.25) is 5.91 Å². The molecule has 0 aliphatic heterocycles. The number of rotatable bonds is 5. The van der Waals surface area contributed by atoms with Crippen molar-refractivity contribution in [1.29, 1.82) is 0 Å². The molecule has 2 aromatic rings. The van der Waals surface area contributed by atoms with E-state index in [2.05, 4.69) is 26.2 Å². The number of anilines is 1. The molecule has 0 unspecified atom stereocenters. The van der Waals surface area contributed by atoms with E-state index in [9.17, 15) is 4.79 Å². The largest absolute Gasteiger partial charge is 0.497 e. The van der Waals surface area contributed by atoms with Crippen molar-refractivity contribution in [2.45, 2.75) is 19.8 Å². The molecule has 1 amide bonds. The Morgan fingerprint density at radius 3 is 2.67 bits per heavy atom. The number of ether oxygens (including phenoxy) is 1. The molecule has 21 heavy (non-hydrogen) atoms. The molecule has 4 nitrogen and oxygen atoms in total. The van der Waals surface area contributed by atoms with Gasteiger partial charge in [0.1, 0.15) is 11.6 Å². The molecule has 1 aromatic carbocycles. The molecule has 0 aliphatic rings. The summed E-state index contributed by atoms with van der Waals surface area (Å²) in [5, 5.41) is 2.83. The molecule has 2 rings (SSSR count). The minimum atomic E-state index is -0.0382. The van der Waals surface area contributed by atoms with Gasteiger partial charge < -0.3 is 10.1 Å². The van der Waals surface area contributed by atoms with Crippen molar-refractivity contribution in [3.63, 3.8) is 0 Å². The topological polar surface area (TPSA) is 51.2 Å². The molecule has 0 aliphatic carbocycles. The van der Waals surface area contributed by atoms with E-state index >= 15 is 0 Å². The van der Waals surface area contributed by atoms with Crippen LogP contribution in [0.4, 0.5) is 5.82 Å². The zero-order chi connectivity index (χ0) is 15.2. The molecular formula is C16H17BrN2O2. The van der Waals surface area contributed by atoms with Crippen molar-refractivity contribution < 1.29 is 9.53 Å². The van der Waals surface area contributed by atoms with Gasteiger partial charge >= 0.3 is 0 Å². The molecule has 0 fully saturated rings. The number of aromatic nitrogens is 1. The fourth-order valence-electron chi connectivity index (χ4n) is 1.92. The number of pyridine rings is 1. The molecule has 0 radical (unpaired) electrons. The predicted octanol–water partition coefficient (Wildman–Crippen LogP) is 3.73. The highest BCUT2D eigenvalue weighted by molar-refractivity contribution is 9.10. The molecule has 1 aromatic heterocycles. The van der Waals surface area contributed by atoms with Crippen LogP contribution >= 0.6 is 15.9 Å². The lowest BCUT2D eigenvalue weighted by Gasteiger charge is -2.08. The Hall–Kier alpha value is -1.88. The Balaban J connectivity index is 1.89. The number of halogens is 1. The predicted molar refractivity (Wildman–Crippen MR) is 86.6 cm³/mol. The number of benzene rings is 1. The number of amides is 1. The normalized spacial score (nSPS) is 10.2. The summed E-state index contributed by atoms with van der Waals surface area (Å²) in [6, 6.07) is 9.65. The van der Waals surface area contributed by atoms with Crippen molar-refractivity contribution in [2.24, 2.45) is 0 Å². The van der Waals surface area contributed by atoms with E-state index in [1.807, 2.05) is 37.3 Å². The number of carbonyl (C=O) groups excluding carboxylic acids is 1.